The summed E-state index contributed by atoms with van der Waals surface area (Å²) in [6.45, 7) is 1.80. The molecule has 0 N–H and O–H groups in total. The lowest BCUT2D eigenvalue weighted by atomic mass is 9.85. The fourth-order valence-corrected chi connectivity index (χ4v) is 2.07. The van der Waals surface area contributed by atoms with E-state index in [1.54, 1.807) is 6.92 Å². The first-order chi connectivity index (χ1) is 6.15. The van der Waals surface area contributed by atoms with Gasteiger partial charge in [-0.15, -0.1) is 0 Å². The van der Waals surface area contributed by atoms with Gasteiger partial charge < -0.3 is 9.47 Å². The van der Waals surface area contributed by atoms with Crippen molar-refractivity contribution in [2.45, 2.75) is 37.4 Å². The van der Waals surface area contributed by atoms with Gasteiger partial charge in [-0.1, -0.05) is 12.2 Å². The molecule has 2 unspecified atom stereocenters. The van der Waals surface area contributed by atoms with Gasteiger partial charge in [0, 0.05) is 0 Å². The first kappa shape index (κ1) is 8.75. The predicted octanol–water partition coefficient (Wildman–Crippen LogP) is 1.43. The highest BCUT2D eigenvalue weighted by Crippen LogP contribution is 2.54. The average molecular weight is 182 g/mol. The molecule has 2 atom stereocenters. The summed E-state index contributed by atoms with van der Waals surface area (Å²) < 4.78 is 10.2. The number of allylic oxidation sites excluding steroid dienone is 1. The molecule has 3 heteroatoms. The van der Waals surface area contributed by atoms with Crippen LogP contribution in [0.15, 0.2) is 12.2 Å². The molecule has 1 aliphatic carbocycles. The van der Waals surface area contributed by atoms with Gasteiger partial charge in [0.05, 0.1) is 7.11 Å². The maximum Gasteiger partial charge on any atom is 0.341 e. The molecule has 0 saturated carbocycles. The number of esters is 1. The first-order valence-corrected chi connectivity index (χ1v) is 4.61. The Balaban J connectivity index is 2.18. The molecule has 0 bridgehead atoms. The lowest BCUT2D eigenvalue weighted by Gasteiger charge is -2.14. The number of hydrogen-bond donors (Lipinski definition) is 0. The van der Waals surface area contributed by atoms with Gasteiger partial charge in [0.25, 0.3) is 0 Å². The zero-order valence-electron chi connectivity index (χ0n) is 8.00. The van der Waals surface area contributed by atoms with Crippen molar-refractivity contribution in [2.75, 3.05) is 7.11 Å². The standard InChI is InChI=1S/C10H14O3/c1-9(8(11)12-2)10(13-9)6-4-3-5-7-10/h4,6H,3,5,7H2,1-2H3. The number of ether oxygens (including phenoxy) is 2. The van der Waals surface area contributed by atoms with Gasteiger partial charge in [-0.05, 0) is 26.2 Å². The first-order valence-electron chi connectivity index (χ1n) is 4.61. The molecule has 13 heavy (non-hydrogen) atoms. The molecule has 0 aromatic carbocycles. The zero-order chi connectivity index (χ0) is 9.53. The van der Waals surface area contributed by atoms with Gasteiger partial charge in [-0.2, -0.15) is 0 Å². The van der Waals surface area contributed by atoms with E-state index in [1.807, 2.05) is 6.08 Å². The monoisotopic (exact) mass is 182 g/mol. The third kappa shape index (κ3) is 1.03. The van der Waals surface area contributed by atoms with Crippen molar-refractivity contribution in [3.63, 3.8) is 0 Å². The minimum atomic E-state index is -0.724. The maximum atomic E-state index is 11.4. The highest BCUT2D eigenvalue weighted by Gasteiger charge is 2.70. The maximum absolute atomic E-state index is 11.4. The van der Waals surface area contributed by atoms with Crippen LogP contribution in [0.2, 0.25) is 0 Å². The van der Waals surface area contributed by atoms with Crippen molar-refractivity contribution in [1.82, 2.24) is 0 Å². The summed E-state index contributed by atoms with van der Waals surface area (Å²) in [5.41, 5.74) is -1.07. The molecule has 1 fully saturated rings. The molecule has 3 nitrogen and oxygen atoms in total. The van der Waals surface area contributed by atoms with E-state index in [4.69, 9.17) is 9.47 Å². The van der Waals surface area contributed by atoms with Crippen LogP contribution < -0.4 is 0 Å². The Morgan fingerprint density at radius 1 is 1.62 bits per heavy atom. The van der Waals surface area contributed by atoms with E-state index in [0.717, 1.165) is 19.3 Å². The number of carbonyl (C=O) groups is 1. The predicted molar refractivity (Wildman–Crippen MR) is 47.2 cm³/mol. The molecule has 72 valence electrons. The lowest BCUT2D eigenvalue weighted by Crippen LogP contribution is -2.32. The third-order valence-electron chi connectivity index (χ3n) is 3.03. The van der Waals surface area contributed by atoms with E-state index >= 15 is 0 Å². The van der Waals surface area contributed by atoms with Crippen LogP contribution in [-0.4, -0.2) is 24.3 Å². The second kappa shape index (κ2) is 2.58. The van der Waals surface area contributed by atoms with Crippen molar-refractivity contribution in [1.29, 1.82) is 0 Å². The average Bonchev–Trinajstić information content (AvgIpc) is 2.72. The molecule has 1 aliphatic heterocycles. The summed E-state index contributed by atoms with van der Waals surface area (Å²) in [6.07, 6.45) is 7.19. The normalized spacial score (nSPS) is 42.0. The van der Waals surface area contributed by atoms with Crippen molar-refractivity contribution in [3.05, 3.63) is 12.2 Å². The number of rotatable bonds is 1. The van der Waals surface area contributed by atoms with E-state index in [9.17, 15) is 4.79 Å². The Kier molecular flexibility index (Phi) is 1.74. The Hall–Kier alpha value is -0.830. The van der Waals surface area contributed by atoms with Gasteiger partial charge in [-0.25, -0.2) is 4.79 Å². The fourth-order valence-electron chi connectivity index (χ4n) is 2.07. The van der Waals surface area contributed by atoms with Crippen LogP contribution in [0.4, 0.5) is 0 Å². The Morgan fingerprint density at radius 2 is 2.38 bits per heavy atom. The van der Waals surface area contributed by atoms with E-state index in [-0.39, 0.29) is 11.6 Å². The Labute approximate surface area is 77.7 Å². The second-order valence-corrected chi connectivity index (χ2v) is 3.81. The molecule has 0 radical (unpaired) electrons. The van der Waals surface area contributed by atoms with Crippen LogP contribution in [-0.2, 0) is 14.3 Å². The van der Waals surface area contributed by atoms with Gasteiger partial charge in [0.15, 0.2) is 5.60 Å². The summed E-state index contributed by atoms with van der Waals surface area (Å²) in [5.74, 6) is -0.265. The van der Waals surface area contributed by atoms with Crippen LogP contribution in [0.1, 0.15) is 26.2 Å². The van der Waals surface area contributed by atoms with Crippen LogP contribution >= 0.6 is 0 Å². The summed E-state index contributed by atoms with van der Waals surface area (Å²) in [6, 6.07) is 0. The number of hydrogen-bond acceptors (Lipinski definition) is 3. The lowest BCUT2D eigenvalue weighted by molar-refractivity contribution is -0.146. The number of carbonyl (C=O) groups excluding carboxylic acids is 1. The number of methoxy groups -OCH3 is 1. The minimum absolute atomic E-state index is 0.265. The molecule has 1 heterocycles. The number of epoxide rings is 1. The van der Waals surface area contributed by atoms with Crippen LogP contribution in [0.3, 0.4) is 0 Å². The summed E-state index contributed by atoms with van der Waals surface area (Å²) in [7, 11) is 1.40. The van der Waals surface area contributed by atoms with Gasteiger partial charge in [0.1, 0.15) is 5.60 Å². The Morgan fingerprint density at radius 3 is 2.92 bits per heavy atom. The minimum Gasteiger partial charge on any atom is -0.467 e. The van der Waals surface area contributed by atoms with Crippen molar-refractivity contribution in [3.8, 4) is 0 Å². The van der Waals surface area contributed by atoms with Gasteiger partial charge >= 0.3 is 5.97 Å². The molecule has 0 aromatic heterocycles. The van der Waals surface area contributed by atoms with Crippen LogP contribution in [0.25, 0.3) is 0 Å². The summed E-state index contributed by atoms with van der Waals surface area (Å²) >= 11 is 0. The summed E-state index contributed by atoms with van der Waals surface area (Å²) in [4.78, 5) is 11.4. The Bertz CT molecular complexity index is 271. The topological polar surface area (TPSA) is 38.8 Å². The van der Waals surface area contributed by atoms with Crippen molar-refractivity contribution < 1.29 is 14.3 Å². The molecule has 2 rings (SSSR count). The largest absolute Gasteiger partial charge is 0.467 e. The highest BCUT2D eigenvalue weighted by molar-refractivity contribution is 5.85. The second-order valence-electron chi connectivity index (χ2n) is 3.81. The highest BCUT2D eigenvalue weighted by atomic mass is 16.7. The van der Waals surface area contributed by atoms with E-state index in [1.165, 1.54) is 7.11 Å². The van der Waals surface area contributed by atoms with Gasteiger partial charge in [0.2, 0.25) is 0 Å². The third-order valence-corrected chi connectivity index (χ3v) is 3.03. The molecule has 1 saturated heterocycles. The van der Waals surface area contributed by atoms with E-state index < -0.39 is 5.60 Å². The molecule has 1 spiro atoms. The summed E-state index contributed by atoms with van der Waals surface area (Å²) in [5, 5.41) is 0. The zero-order valence-corrected chi connectivity index (χ0v) is 8.00. The molecule has 0 amide bonds. The molecule has 0 aromatic rings. The molecule has 2 aliphatic rings. The van der Waals surface area contributed by atoms with Gasteiger partial charge in [-0.3, -0.25) is 0 Å². The molecular weight excluding hydrogens is 168 g/mol. The van der Waals surface area contributed by atoms with Crippen molar-refractivity contribution in [2.24, 2.45) is 0 Å². The fraction of sp³-hybridized carbons (Fsp3) is 0.700. The van der Waals surface area contributed by atoms with Crippen molar-refractivity contribution >= 4 is 5.97 Å². The molecular formula is C10H14O3. The SMILES string of the molecule is COC(=O)C1(C)OC12C=CCCC2. The quantitative estimate of drug-likeness (QED) is 0.350. The van der Waals surface area contributed by atoms with E-state index in [2.05, 4.69) is 6.08 Å². The van der Waals surface area contributed by atoms with Crippen LogP contribution in [0, 0.1) is 0 Å². The van der Waals surface area contributed by atoms with E-state index in [0.29, 0.717) is 0 Å². The smallest absolute Gasteiger partial charge is 0.341 e. The van der Waals surface area contributed by atoms with Crippen LogP contribution in [0.5, 0.6) is 0 Å².